The molecule has 2 rings (SSSR count). The number of hydrogen-bond donors (Lipinski definition) is 2. The Morgan fingerprint density at radius 3 is 2.71 bits per heavy atom. The highest BCUT2D eigenvalue weighted by molar-refractivity contribution is 6.03. The Hall–Kier alpha value is -2.43. The van der Waals surface area contributed by atoms with E-state index in [2.05, 4.69) is 34.4 Å². The van der Waals surface area contributed by atoms with E-state index in [4.69, 9.17) is 0 Å². The van der Waals surface area contributed by atoms with E-state index in [1.54, 1.807) is 30.6 Å². The standard InChI is InChI=1S/C16H20N4O/c1-12(2)7-9-18-14-5-6-15(19-11-14)20-16(21)13-4-3-8-17-10-13/h3-6,8,10-12,18H,7,9H2,1-2H3,(H,19,20,21). The summed E-state index contributed by atoms with van der Waals surface area (Å²) in [6, 6.07) is 7.13. The van der Waals surface area contributed by atoms with Gasteiger partial charge in [0.05, 0.1) is 17.4 Å². The molecular formula is C16H20N4O. The van der Waals surface area contributed by atoms with E-state index in [-0.39, 0.29) is 5.91 Å². The van der Waals surface area contributed by atoms with E-state index < -0.39 is 0 Å². The second-order valence-corrected chi connectivity index (χ2v) is 5.24. The van der Waals surface area contributed by atoms with Crippen molar-refractivity contribution in [2.45, 2.75) is 20.3 Å². The van der Waals surface area contributed by atoms with Gasteiger partial charge in [0.1, 0.15) is 5.82 Å². The van der Waals surface area contributed by atoms with Gasteiger partial charge >= 0.3 is 0 Å². The van der Waals surface area contributed by atoms with Gasteiger partial charge in [-0.3, -0.25) is 9.78 Å². The van der Waals surface area contributed by atoms with Gasteiger partial charge in [0.15, 0.2) is 0 Å². The molecule has 0 aliphatic heterocycles. The van der Waals surface area contributed by atoms with Crippen molar-refractivity contribution in [3.05, 3.63) is 48.4 Å². The van der Waals surface area contributed by atoms with Gasteiger partial charge in [-0.25, -0.2) is 4.98 Å². The monoisotopic (exact) mass is 284 g/mol. The highest BCUT2D eigenvalue weighted by Gasteiger charge is 2.06. The predicted octanol–water partition coefficient (Wildman–Crippen LogP) is 3.19. The first-order chi connectivity index (χ1) is 10.1. The van der Waals surface area contributed by atoms with Gasteiger partial charge < -0.3 is 10.6 Å². The number of rotatable bonds is 6. The third-order valence-corrected chi connectivity index (χ3v) is 2.98. The fourth-order valence-electron chi connectivity index (χ4n) is 1.76. The first-order valence-corrected chi connectivity index (χ1v) is 7.06. The van der Waals surface area contributed by atoms with Crippen LogP contribution in [-0.2, 0) is 0 Å². The number of amides is 1. The summed E-state index contributed by atoms with van der Waals surface area (Å²) in [5.74, 6) is 0.984. The average Bonchev–Trinajstić information content (AvgIpc) is 2.49. The Kier molecular flexibility index (Phi) is 5.26. The fraction of sp³-hybridized carbons (Fsp3) is 0.312. The molecule has 5 heteroatoms. The van der Waals surface area contributed by atoms with E-state index in [0.29, 0.717) is 17.3 Å². The van der Waals surface area contributed by atoms with Crippen molar-refractivity contribution in [2.24, 2.45) is 5.92 Å². The van der Waals surface area contributed by atoms with Crippen LogP contribution in [0.5, 0.6) is 0 Å². The molecule has 21 heavy (non-hydrogen) atoms. The largest absolute Gasteiger partial charge is 0.384 e. The number of carbonyl (C=O) groups excluding carboxylic acids is 1. The first-order valence-electron chi connectivity index (χ1n) is 7.06. The van der Waals surface area contributed by atoms with Crippen molar-refractivity contribution < 1.29 is 4.79 Å². The minimum atomic E-state index is -0.212. The molecule has 0 radical (unpaired) electrons. The summed E-state index contributed by atoms with van der Waals surface area (Å²) < 4.78 is 0. The zero-order valence-electron chi connectivity index (χ0n) is 12.3. The molecular weight excluding hydrogens is 264 g/mol. The van der Waals surface area contributed by atoms with E-state index in [1.807, 2.05) is 6.07 Å². The minimum absolute atomic E-state index is 0.212. The van der Waals surface area contributed by atoms with Gasteiger partial charge in [0.25, 0.3) is 5.91 Å². The zero-order chi connectivity index (χ0) is 15.1. The van der Waals surface area contributed by atoms with Crippen molar-refractivity contribution in [3.8, 4) is 0 Å². The van der Waals surface area contributed by atoms with Gasteiger partial charge in [-0.15, -0.1) is 0 Å². The molecule has 2 aromatic heterocycles. The number of hydrogen-bond acceptors (Lipinski definition) is 4. The highest BCUT2D eigenvalue weighted by Crippen LogP contribution is 2.11. The van der Waals surface area contributed by atoms with Gasteiger partial charge in [-0.05, 0) is 36.6 Å². The predicted molar refractivity (Wildman–Crippen MR) is 84.4 cm³/mol. The Labute approximate surface area is 124 Å². The van der Waals surface area contributed by atoms with Gasteiger partial charge in [-0.2, -0.15) is 0 Å². The molecule has 0 fully saturated rings. The Balaban J connectivity index is 1.89. The van der Waals surface area contributed by atoms with Crippen LogP contribution in [0.25, 0.3) is 0 Å². The molecule has 0 aromatic carbocycles. The number of aromatic nitrogens is 2. The first kappa shape index (κ1) is 15.0. The summed E-state index contributed by atoms with van der Waals surface area (Å²) in [4.78, 5) is 20.1. The molecule has 0 saturated heterocycles. The summed E-state index contributed by atoms with van der Waals surface area (Å²) >= 11 is 0. The molecule has 2 aromatic rings. The molecule has 1 amide bonds. The number of nitrogens with zero attached hydrogens (tertiary/aromatic N) is 2. The Morgan fingerprint density at radius 2 is 2.10 bits per heavy atom. The van der Waals surface area contributed by atoms with Crippen LogP contribution in [0.4, 0.5) is 11.5 Å². The lowest BCUT2D eigenvalue weighted by Crippen LogP contribution is -2.13. The number of anilines is 2. The van der Waals surface area contributed by atoms with Crippen molar-refractivity contribution in [1.29, 1.82) is 0 Å². The summed E-state index contributed by atoms with van der Waals surface area (Å²) in [5, 5.41) is 6.04. The van der Waals surface area contributed by atoms with Crippen LogP contribution >= 0.6 is 0 Å². The summed E-state index contributed by atoms with van der Waals surface area (Å²) in [6.45, 7) is 5.30. The topological polar surface area (TPSA) is 66.9 Å². The molecule has 0 atom stereocenters. The molecule has 0 bridgehead atoms. The quantitative estimate of drug-likeness (QED) is 0.855. The maximum atomic E-state index is 11.9. The second-order valence-electron chi connectivity index (χ2n) is 5.24. The van der Waals surface area contributed by atoms with E-state index >= 15 is 0 Å². The summed E-state index contributed by atoms with van der Waals surface area (Å²) in [6.07, 6.45) is 5.99. The van der Waals surface area contributed by atoms with Crippen molar-refractivity contribution in [3.63, 3.8) is 0 Å². The van der Waals surface area contributed by atoms with Crippen LogP contribution in [0.3, 0.4) is 0 Å². The van der Waals surface area contributed by atoms with Crippen LogP contribution in [0, 0.1) is 5.92 Å². The molecule has 0 spiro atoms. The molecule has 5 nitrogen and oxygen atoms in total. The van der Waals surface area contributed by atoms with Crippen LogP contribution in [-0.4, -0.2) is 22.4 Å². The van der Waals surface area contributed by atoms with E-state index in [0.717, 1.165) is 18.7 Å². The number of carbonyl (C=O) groups is 1. The van der Waals surface area contributed by atoms with Crippen LogP contribution < -0.4 is 10.6 Å². The van der Waals surface area contributed by atoms with Crippen LogP contribution in [0.15, 0.2) is 42.9 Å². The van der Waals surface area contributed by atoms with Gasteiger partial charge in [-0.1, -0.05) is 13.8 Å². The minimum Gasteiger partial charge on any atom is -0.384 e. The maximum Gasteiger partial charge on any atom is 0.258 e. The molecule has 0 aliphatic rings. The normalized spacial score (nSPS) is 10.4. The average molecular weight is 284 g/mol. The lowest BCUT2D eigenvalue weighted by molar-refractivity contribution is 0.102. The third-order valence-electron chi connectivity index (χ3n) is 2.98. The van der Waals surface area contributed by atoms with E-state index in [9.17, 15) is 4.79 Å². The molecule has 0 saturated carbocycles. The smallest absolute Gasteiger partial charge is 0.258 e. The van der Waals surface area contributed by atoms with Gasteiger partial charge in [0.2, 0.25) is 0 Å². The second kappa shape index (κ2) is 7.38. The van der Waals surface area contributed by atoms with Crippen molar-refractivity contribution >= 4 is 17.4 Å². The maximum absolute atomic E-state index is 11.9. The molecule has 110 valence electrons. The van der Waals surface area contributed by atoms with Crippen LogP contribution in [0.2, 0.25) is 0 Å². The molecule has 2 N–H and O–H groups in total. The Morgan fingerprint density at radius 1 is 1.24 bits per heavy atom. The number of pyridine rings is 2. The Bertz CT molecular complexity index is 567. The summed E-state index contributed by atoms with van der Waals surface area (Å²) in [5.41, 5.74) is 1.47. The van der Waals surface area contributed by atoms with E-state index in [1.165, 1.54) is 6.20 Å². The molecule has 0 unspecified atom stereocenters. The fourth-order valence-corrected chi connectivity index (χ4v) is 1.76. The zero-order valence-corrected chi connectivity index (χ0v) is 12.3. The lowest BCUT2D eigenvalue weighted by atomic mass is 10.1. The van der Waals surface area contributed by atoms with Crippen LogP contribution in [0.1, 0.15) is 30.6 Å². The number of nitrogens with one attached hydrogen (secondary N) is 2. The summed E-state index contributed by atoms with van der Waals surface area (Å²) in [7, 11) is 0. The van der Waals surface area contributed by atoms with Crippen molar-refractivity contribution in [1.82, 2.24) is 9.97 Å². The highest BCUT2D eigenvalue weighted by atomic mass is 16.1. The van der Waals surface area contributed by atoms with Gasteiger partial charge in [0, 0.05) is 18.9 Å². The SMILES string of the molecule is CC(C)CCNc1ccc(NC(=O)c2cccnc2)nc1. The lowest BCUT2D eigenvalue weighted by Gasteiger charge is -2.09. The third kappa shape index (κ3) is 4.87. The van der Waals surface area contributed by atoms with Crippen molar-refractivity contribution in [2.75, 3.05) is 17.2 Å². The molecule has 2 heterocycles. The molecule has 0 aliphatic carbocycles.